The molecular weight excluding hydrogens is 435 g/mol. The lowest BCUT2D eigenvalue weighted by Gasteiger charge is -2.29. The average molecular weight is 467 g/mol. The standard InChI is InChI=1S/C27H31F5O/c28-24-16-22(20-10-8-19(9-11-20)7-3-6-18-4-1-2-5-18)17-25(29)26(24)21-12-14-23(15-13-21)33-27(30,31)32/h12-20H,1-11H2. The molecule has 0 radical (unpaired) electrons. The van der Waals surface area contributed by atoms with Gasteiger partial charge < -0.3 is 4.74 Å². The molecule has 1 nitrogen and oxygen atoms in total. The lowest BCUT2D eigenvalue weighted by molar-refractivity contribution is -0.274. The van der Waals surface area contributed by atoms with E-state index in [0.717, 1.165) is 43.7 Å². The predicted molar refractivity (Wildman–Crippen MR) is 119 cm³/mol. The van der Waals surface area contributed by atoms with Gasteiger partial charge in [0.2, 0.25) is 0 Å². The Balaban J connectivity index is 1.34. The van der Waals surface area contributed by atoms with Gasteiger partial charge in [-0.2, -0.15) is 0 Å². The minimum absolute atomic E-state index is 0.150. The van der Waals surface area contributed by atoms with Gasteiger partial charge in [0.1, 0.15) is 17.4 Å². The molecule has 2 aromatic rings. The second kappa shape index (κ2) is 10.4. The van der Waals surface area contributed by atoms with Crippen LogP contribution in [0.1, 0.15) is 82.1 Å². The van der Waals surface area contributed by atoms with E-state index in [1.807, 2.05) is 0 Å². The highest BCUT2D eigenvalue weighted by molar-refractivity contribution is 5.66. The van der Waals surface area contributed by atoms with Crippen molar-refractivity contribution in [1.82, 2.24) is 0 Å². The summed E-state index contributed by atoms with van der Waals surface area (Å²) in [4.78, 5) is 0. The molecule has 180 valence electrons. The fourth-order valence-corrected chi connectivity index (χ4v) is 5.71. The van der Waals surface area contributed by atoms with Crippen LogP contribution in [0.25, 0.3) is 11.1 Å². The lowest BCUT2D eigenvalue weighted by atomic mass is 9.76. The van der Waals surface area contributed by atoms with Gasteiger partial charge in [0.25, 0.3) is 0 Å². The molecule has 2 fully saturated rings. The van der Waals surface area contributed by atoms with Crippen molar-refractivity contribution in [2.45, 2.75) is 82.9 Å². The fourth-order valence-electron chi connectivity index (χ4n) is 5.71. The highest BCUT2D eigenvalue weighted by atomic mass is 19.4. The Morgan fingerprint density at radius 3 is 1.85 bits per heavy atom. The van der Waals surface area contributed by atoms with E-state index in [0.29, 0.717) is 11.5 Å². The van der Waals surface area contributed by atoms with Gasteiger partial charge in [0.05, 0.1) is 5.56 Å². The van der Waals surface area contributed by atoms with Crippen molar-refractivity contribution in [3.8, 4) is 16.9 Å². The molecule has 6 heteroatoms. The third-order valence-electron chi connectivity index (χ3n) is 7.46. The van der Waals surface area contributed by atoms with Crippen LogP contribution in [0.4, 0.5) is 22.0 Å². The molecule has 0 saturated heterocycles. The third-order valence-corrected chi connectivity index (χ3v) is 7.46. The molecule has 0 spiro atoms. The van der Waals surface area contributed by atoms with Crippen LogP contribution in [-0.2, 0) is 0 Å². The minimum atomic E-state index is -4.81. The summed E-state index contributed by atoms with van der Waals surface area (Å²) in [6.07, 6.45) is 8.74. The molecule has 4 rings (SSSR count). The van der Waals surface area contributed by atoms with Crippen LogP contribution in [0.5, 0.6) is 5.75 Å². The van der Waals surface area contributed by atoms with Gasteiger partial charge in [-0.3, -0.25) is 0 Å². The molecule has 0 heterocycles. The maximum atomic E-state index is 14.9. The number of alkyl halides is 3. The van der Waals surface area contributed by atoms with Crippen LogP contribution in [0.2, 0.25) is 0 Å². The first kappa shape index (κ1) is 24.0. The number of rotatable bonds is 7. The maximum absolute atomic E-state index is 14.9. The summed E-state index contributed by atoms with van der Waals surface area (Å²) < 4.78 is 70.5. The summed E-state index contributed by atoms with van der Waals surface area (Å²) in [5, 5.41) is 0. The smallest absolute Gasteiger partial charge is 0.406 e. The Labute approximate surface area is 192 Å². The SMILES string of the molecule is Fc1cc(C2CCC(CCCC3CCCC3)CC2)cc(F)c1-c1ccc(OC(F)(F)F)cc1. The number of benzene rings is 2. The van der Waals surface area contributed by atoms with Crippen molar-refractivity contribution < 1.29 is 26.7 Å². The summed E-state index contributed by atoms with van der Waals surface area (Å²) in [7, 11) is 0. The molecule has 2 aliphatic rings. The van der Waals surface area contributed by atoms with E-state index in [2.05, 4.69) is 4.74 Å². The van der Waals surface area contributed by atoms with Crippen molar-refractivity contribution in [1.29, 1.82) is 0 Å². The number of hydrogen-bond acceptors (Lipinski definition) is 1. The van der Waals surface area contributed by atoms with Crippen molar-refractivity contribution in [2.24, 2.45) is 11.8 Å². The first-order valence-electron chi connectivity index (χ1n) is 12.1. The molecule has 0 aromatic heterocycles. The van der Waals surface area contributed by atoms with E-state index in [9.17, 15) is 22.0 Å². The van der Waals surface area contributed by atoms with E-state index in [1.54, 1.807) is 0 Å². The van der Waals surface area contributed by atoms with Gasteiger partial charge in [-0.1, -0.05) is 57.1 Å². The molecule has 2 aromatic carbocycles. The van der Waals surface area contributed by atoms with Crippen LogP contribution in [0, 0.1) is 23.5 Å². The second-order valence-corrected chi connectivity index (χ2v) is 9.73. The van der Waals surface area contributed by atoms with E-state index in [-0.39, 0.29) is 17.0 Å². The lowest BCUT2D eigenvalue weighted by Crippen LogP contribution is -2.17. The van der Waals surface area contributed by atoms with Crippen LogP contribution in [0.15, 0.2) is 36.4 Å². The maximum Gasteiger partial charge on any atom is 0.573 e. The Morgan fingerprint density at radius 1 is 0.758 bits per heavy atom. The average Bonchev–Trinajstić information content (AvgIpc) is 3.27. The molecule has 0 atom stereocenters. The van der Waals surface area contributed by atoms with Gasteiger partial charge in [-0.25, -0.2) is 8.78 Å². The Bertz CT molecular complexity index is 884. The minimum Gasteiger partial charge on any atom is -0.406 e. The Hall–Kier alpha value is -2.11. The fraction of sp³-hybridized carbons (Fsp3) is 0.556. The highest BCUT2D eigenvalue weighted by Gasteiger charge is 2.31. The van der Waals surface area contributed by atoms with Gasteiger partial charge >= 0.3 is 6.36 Å². The van der Waals surface area contributed by atoms with E-state index < -0.39 is 23.7 Å². The molecule has 2 saturated carbocycles. The Morgan fingerprint density at radius 2 is 1.30 bits per heavy atom. The first-order chi connectivity index (χ1) is 15.8. The molecule has 0 unspecified atom stereocenters. The largest absolute Gasteiger partial charge is 0.573 e. The summed E-state index contributed by atoms with van der Waals surface area (Å²) in [6, 6.07) is 7.37. The van der Waals surface area contributed by atoms with Crippen LogP contribution in [-0.4, -0.2) is 6.36 Å². The summed E-state index contributed by atoms with van der Waals surface area (Å²) in [6.45, 7) is 0. The van der Waals surface area contributed by atoms with Gasteiger partial charge in [-0.15, -0.1) is 13.2 Å². The molecule has 0 bridgehead atoms. The van der Waals surface area contributed by atoms with E-state index in [1.165, 1.54) is 69.2 Å². The summed E-state index contributed by atoms with van der Waals surface area (Å²) in [5.41, 5.74) is 0.630. The van der Waals surface area contributed by atoms with Crippen LogP contribution in [0.3, 0.4) is 0 Å². The van der Waals surface area contributed by atoms with Crippen molar-refractivity contribution >= 4 is 0 Å². The molecular formula is C27H31F5O. The molecule has 0 amide bonds. The van der Waals surface area contributed by atoms with E-state index in [4.69, 9.17) is 0 Å². The zero-order valence-corrected chi connectivity index (χ0v) is 18.8. The topological polar surface area (TPSA) is 9.23 Å². The molecule has 0 N–H and O–H groups in total. The normalized spacial score (nSPS) is 22.0. The summed E-state index contributed by atoms with van der Waals surface area (Å²) in [5.74, 6) is -0.00467. The van der Waals surface area contributed by atoms with Crippen molar-refractivity contribution in [3.63, 3.8) is 0 Å². The van der Waals surface area contributed by atoms with Crippen LogP contribution >= 0.6 is 0 Å². The molecule has 33 heavy (non-hydrogen) atoms. The van der Waals surface area contributed by atoms with Crippen molar-refractivity contribution in [2.75, 3.05) is 0 Å². The van der Waals surface area contributed by atoms with Crippen molar-refractivity contribution in [3.05, 3.63) is 53.6 Å². The monoisotopic (exact) mass is 466 g/mol. The zero-order chi connectivity index (χ0) is 23.4. The number of hydrogen-bond donors (Lipinski definition) is 0. The molecule has 2 aliphatic carbocycles. The quantitative estimate of drug-likeness (QED) is 0.370. The highest BCUT2D eigenvalue weighted by Crippen LogP contribution is 2.40. The third kappa shape index (κ3) is 6.48. The number of ether oxygens (including phenoxy) is 1. The van der Waals surface area contributed by atoms with Gasteiger partial charge in [-0.05, 0) is 78.8 Å². The number of halogens is 5. The van der Waals surface area contributed by atoms with Gasteiger partial charge in [0.15, 0.2) is 0 Å². The first-order valence-corrected chi connectivity index (χ1v) is 12.1. The van der Waals surface area contributed by atoms with Gasteiger partial charge in [0, 0.05) is 0 Å². The van der Waals surface area contributed by atoms with E-state index >= 15 is 0 Å². The predicted octanol–water partition coefficient (Wildman–Crippen LogP) is 9.16. The summed E-state index contributed by atoms with van der Waals surface area (Å²) >= 11 is 0. The molecule has 0 aliphatic heterocycles. The zero-order valence-electron chi connectivity index (χ0n) is 18.8. The second-order valence-electron chi connectivity index (χ2n) is 9.73. The Kier molecular flexibility index (Phi) is 7.60. The van der Waals surface area contributed by atoms with Crippen LogP contribution < -0.4 is 4.74 Å².